The van der Waals surface area contributed by atoms with E-state index in [0.29, 0.717) is 5.56 Å². The van der Waals surface area contributed by atoms with Gasteiger partial charge in [-0.25, -0.2) is 0 Å². The van der Waals surface area contributed by atoms with E-state index in [9.17, 15) is 0 Å². The fourth-order valence-electron chi connectivity index (χ4n) is 0.906. The number of rotatable bonds is 2. The molecule has 2 aromatic rings. The summed E-state index contributed by atoms with van der Waals surface area (Å²) in [6.07, 6.45) is 0. The number of hydrogen-bond acceptors (Lipinski definition) is 5. The Morgan fingerprint density at radius 3 is 2.64 bits per heavy atom. The molecule has 3 nitrogen and oxygen atoms in total. The van der Waals surface area contributed by atoms with Crippen molar-refractivity contribution in [3.8, 4) is 6.07 Å². The molecule has 0 aliphatic heterocycles. The van der Waals surface area contributed by atoms with Crippen LogP contribution in [0.1, 0.15) is 5.56 Å². The molecule has 2 rings (SSSR count). The maximum absolute atomic E-state index is 8.61. The first-order chi connectivity index (χ1) is 6.88. The molecular formula is C9H5N3S2. The van der Waals surface area contributed by atoms with Crippen molar-refractivity contribution in [1.29, 1.82) is 5.26 Å². The fraction of sp³-hybridized carbons (Fsp3) is 0. The summed E-state index contributed by atoms with van der Waals surface area (Å²) >= 11 is 3.05. The third kappa shape index (κ3) is 2.10. The number of nitriles is 1. The summed E-state index contributed by atoms with van der Waals surface area (Å²) in [6, 6.07) is 9.48. The maximum atomic E-state index is 8.61. The van der Waals surface area contributed by atoms with E-state index in [4.69, 9.17) is 5.26 Å². The van der Waals surface area contributed by atoms with Crippen molar-refractivity contribution in [2.75, 3.05) is 0 Å². The zero-order chi connectivity index (χ0) is 9.80. The van der Waals surface area contributed by atoms with Gasteiger partial charge < -0.3 is 0 Å². The van der Waals surface area contributed by atoms with Crippen LogP contribution in [0.4, 0.5) is 0 Å². The predicted octanol–water partition coefficient (Wildman–Crippen LogP) is 2.56. The second-order valence-corrected chi connectivity index (χ2v) is 4.60. The Morgan fingerprint density at radius 2 is 2.07 bits per heavy atom. The molecule has 0 unspecified atom stereocenters. The summed E-state index contributed by atoms with van der Waals surface area (Å²) in [5.41, 5.74) is 2.37. The van der Waals surface area contributed by atoms with Crippen LogP contribution in [0, 0.1) is 11.3 Å². The van der Waals surface area contributed by atoms with Crippen molar-refractivity contribution in [1.82, 2.24) is 10.2 Å². The van der Waals surface area contributed by atoms with Gasteiger partial charge in [0.15, 0.2) is 4.34 Å². The average molecular weight is 219 g/mol. The van der Waals surface area contributed by atoms with E-state index < -0.39 is 0 Å². The molecule has 14 heavy (non-hydrogen) atoms. The van der Waals surface area contributed by atoms with Gasteiger partial charge in [-0.2, -0.15) is 5.26 Å². The monoisotopic (exact) mass is 219 g/mol. The maximum Gasteiger partial charge on any atom is 0.178 e. The summed E-state index contributed by atoms with van der Waals surface area (Å²) < 4.78 is 0.912. The van der Waals surface area contributed by atoms with Gasteiger partial charge in [0.25, 0.3) is 0 Å². The van der Waals surface area contributed by atoms with Crippen LogP contribution in [-0.4, -0.2) is 10.2 Å². The van der Waals surface area contributed by atoms with Gasteiger partial charge >= 0.3 is 0 Å². The van der Waals surface area contributed by atoms with E-state index in [1.165, 1.54) is 11.3 Å². The van der Waals surface area contributed by atoms with Gasteiger partial charge in [0.1, 0.15) is 5.51 Å². The Bertz CT molecular complexity index is 442. The second-order valence-electron chi connectivity index (χ2n) is 2.44. The summed E-state index contributed by atoms with van der Waals surface area (Å²) in [7, 11) is 0. The Labute approximate surface area is 89.4 Å². The van der Waals surface area contributed by atoms with Crippen molar-refractivity contribution in [2.24, 2.45) is 0 Å². The van der Waals surface area contributed by atoms with Crippen molar-refractivity contribution < 1.29 is 0 Å². The number of hydrogen-bond donors (Lipinski definition) is 0. The van der Waals surface area contributed by atoms with Crippen LogP contribution in [0.25, 0.3) is 0 Å². The first kappa shape index (κ1) is 9.19. The van der Waals surface area contributed by atoms with Crippen LogP contribution in [0.15, 0.2) is 39.0 Å². The van der Waals surface area contributed by atoms with Crippen molar-refractivity contribution in [3.05, 3.63) is 35.3 Å². The lowest BCUT2D eigenvalue weighted by Crippen LogP contribution is -1.75. The molecule has 1 aromatic heterocycles. The lowest BCUT2D eigenvalue weighted by molar-refractivity contribution is 1.01. The second kappa shape index (κ2) is 4.22. The molecule has 0 saturated heterocycles. The Kier molecular flexibility index (Phi) is 2.77. The molecule has 0 atom stereocenters. The van der Waals surface area contributed by atoms with Crippen LogP contribution in [0.2, 0.25) is 0 Å². The van der Waals surface area contributed by atoms with Crippen molar-refractivity contribution in [2.45, 2.75) is 9.24 Å². The lowest BCUT2D eigenvalue weighted by Gasteiger charge is -1.95. The molecule has 0 spiro atoms. The van der Waals surface area contributed by atoms with Gasteiger partial charge in [-0.1, -0.05) is 23.1 Å². The lowest BCUT2D eigenvalue weighted by atomic mass is 10.2. The minimum atomic E-state index is 0.673. The zero-order valence-electron chi connectivity index (χ0n) is 7.04. The first-order valence-electron chi connectivity index (χ1n) is 3.82. The third-order valence-electron chi connectivity index (χ3n) is 1.53. The highest BCUT2D eigenvalue weighted by molar-refractivity contribution is 8.01. The van der Waals surface area contributed by atoms with Gasteiger partial charge in [0, 0.05) is 4.90 Å². The highest BCUT2D eigenvalue weighted by Gasteiger charge is 2.00. The topological polar surface area (TPSA) is 49.6 Å². The molecule has 0 aliphatic rings. The normalized spacial score (nSPS) is 9.64. The van der Waals surface area contributed by atoms with Crippen LogP contribution in [0.5, 0.6) is 0 Å². The Hall–Kier alpha value is -1.38. The summed E-state index contributed by atoms with van der Waals surface area (Å²) in [4.78, 5) is 1.07. The summed E-state index contributed by atoms with van der Waals surface area (Å²) in [6.45, 7) is 0. The molecule has 0 fully saturated rings. The van der Waals surface area contributed by atoms with Gasteiger partial charge in [-0.15, -0.1) is 10.2 Å². The van der Waals surface area contributed by atoms with E-state index in [-0.39, 0.29) is 0 Å². The molecule has 0 bridgehead atoms. The standard InChI is InChI=1S/C9H5N3S2/c10-5-7-1-3-8(4-2-7)14-9-12-11-6-13-9/h1-4,6H. The van der Waals surface area contributed by atoms with Crippen molar-refractivity contribution in [3.63, 3.8) is 0 Å². The van der Waals surface area contributed by atoms with Crippen LogP contribution in [-0.2, 0) is 0 Å². The molecule has 1 heterocycles. The predicted molar refractivity (Wildman–Crippen MR) is 55.2 cm³/mol. The van der Waals surface area contributed by atoms with Crippen LogP contribution < -0.4 is 0 Å². The highest BCUT2D eigenvalue weighted by atomic mass is 32.2. The Balaban J connectivity index is 2.15. The minimum absolute atomic E-state index is 0.673. The molecule has 5 heteroatoms. The molecular weight excluding hydrogens is 214 g/mol. The molecule has 1 aromatic carbocycles. The number of benzene rings is 1. The average Bonchev–Trinajstić information content (AvgIpc) is 2.72. The summed E-state index contributed by atoms with van der Waals surface area (Å²) in [5.74, 6) is 0. The quantitative estimate of drug-likeness (QED) is 0.778. The van der Waals surface area contributed by atoms with E-state index in [0.717, 1.165) is 9.24 Å². The molecule has 0 saturated carbocycles. The largest absolute Gasteiger partial charge is 0.192 e. The zero-order valence-corrected chi connectivity index (χ0v) is 8.68. The first-order valence-corrected chi connectivity index (χ1v) is 5.52. The highest BCUT2D eigenvalue weighted by Crippen LogP contribution is 2.28. The summed E-state index contributed by atoms with van der Waals surface area (Å²) in [5, 5.41) is 16.3. The van der Waals surface area contributed by atoms with E-state index >= 15 is 0 Å². The van der Waals surface area contributed by atoms with E-state index in [2.05, 4.69) is 16.3 Å². The molecule has 0 N–H and O–H groups in total. The fourth-order valence-corrected chi connectivity index (χ4v) is 2.36. The van der Waals surface area contributed by atoms with Gasteiger partial charge in [-0.05, 0) is 24.3 Å². The molecule has 0 radical (unpaired) electrons. The van der Waals surface area contributed by atoms with Crippen molar-refractivity contribution >= 4 is 23.1 Å². The number of aromatic nitrogens is 2. The smallest absolute Gasteiger partial charge is 0.178 e. The van der Waals surface area contributed by atoms with Crippen LogP contribution in [0.3, 0.4) is 0 Å². The van der Waals surface area contributed by atoms with E-state index in [1.54, 1.807) is 29.4 Å². The van der Waals surface area contributed by atoms with E-state index in [1.807, 2.05) is 12.1 Å². The van der Waals surface area contributed by atoms with Gasteiger partial charge in [-0.3, -0.25) is 0 Å². The van der Waals surface area contributed by atoms with Crippen LogP contribution >= 0.6 is 23.1 Å². The molecule has 0 aliphatic carbocycles. The minimum Gasteiger partial charge on any atom is -0.192 e. The SMILES string of the molecule is N#Cc1ccc(Sc2nncs2)cc1. The molecule has 68 valence electrons. The molecule has 0 amide bonds. The number of nitrogens with zero attached hydrogens (tertiary/aromatic N) is 3. The third-order valence-corrected chi connectivity index (χ3v) is 3.31. The van der Waals surface area contributed by atoms with Gasteiger partial charge in [0.05, 0.1) is 11.6 Å². The Morgan fingerprint density at radius 1 is 1.29 bits per heavy atom. The van der Waals surface area contributed by atoms with Gasteiger partial charge in [0.2, 0.25) is 0 Å².